The second-order valence-corrected chi connectivity index (χ2v) is 5.11. The molecule has 2 rings (SSSR count). The first kappa shape index (κ1) is 14.0. The molecule has 0 radical (unpaired) electrons. The van der Waals surface area contributed by atoms with E-state index in [-0.39, 0.29) is 6.04 Å². The van der Waals surface area contributed by atoms with Crippen LogP contribution in [0, 0.1) is 6.92 Å². The van der Waals surface area contributed by atoms with Crippen molar-refractivity contribution in [2.24, 2.45) is 0 Å². The van der Waals surface area contributed by atoms with Crippen LogP contribution in [-0.4, -0.2) is 11.5 Å². The number of nitrogens with zero attached hydrogens (tertiary/aromatic N) is 1. The summed E-state index contributed by atoms with van der Waals surface area (Å²) < 4.78 is 0. The minimum atomic E-state index is 0.121. The third kappa shape index (κ3) is 3.55. The van der Waals surface area contributed by atoms with E-state index < -0.39 is 0 Å². The zero-order chi connectivity index (χ0) is 13.7. The third-order valence-corrected chi connectivity index (χ3v) is 3.40. The number of aromatic nitrogens is 1. The lowest BCUT2D eigenvalue weighted by molar-refractivity contribution is 0.598. The van der Waals surface area contributed by atoms with Crippen molar-refractivity contribution in [2.75, 3.05) is 6.54 Å². The maximum absolute atomic E-state index is 6.29. The Bertz CT molecular complexity index is 540. The molecule has 0 aliphatic heterocycles. The highest BCUT2D eigenvalue weighted by Gasteiger charge is 2.16. The number of aryl methyl sites for hydroxylation is 1. The van der Waals surface area contributed by atoms with E-state index in [0.717, 1.165) is 18.5 Å². The Balaban J connectivity index is 2.38. The number of halogens is 1. The quantitative estimate of drug-likeness (QED) is 0.887. The molecule has 1 aromatic heterocycles. The molecule has 0 saturated heterocycles. The summed E-state index contributed by atoms with van der Waals surface area (Å²) in [7, 11) is 0. The van der Waals surface area contributed by atoms with E-state index in [4.69, 9.17) is 11.6 Å². The van der Waals surface area contributed by atoms with Crippen molar-refractivity contribution in [1.29, 1.82) is 0 Å². The predicted octanol–water partition coefficient (Wildman–Crippen LogP) is 4.13. The van der Waals surface area contributed by atoms with Gasteiger partial charge >= 0.3 is 0 Å². The largest absolute Gasteiger partial charge is 0.306 e. The Morgan fingerprint density at radius 1 is 1.32 bits per heavy atom. The number of nitrogens with one attached hydrogen (secondary N) is 1. The zero-order valence-electron chi connectivity index (χ0n) is 11.4. The fraction of sp³-hybridized carbons (Fsp3) is 0.312. The van der Waals surface area contributed by atoms with E-state index in [1.165, 1.54) is 11.1 Å². The molecule has 0 saturated carbocycles. The average Bonchev–Trinajstić information content (AvgIpc) is 2.41. The average molecular weight is 275 g/mol. The molecule has 0 amide bonds. The van der Waals surface area contributed by atoms with Crippen LogP contribution in [0.4, 0.5) is 0 Å². The maximum atomic E-state index is 6.29. The van der Waals surface area contributed by atoms with Crippen molar-refractivity contribution in [3.05, 3.63) is 64.4 Å². The second-order valence-electron chi connectivity index (χ2n) is 4.70. The molecule has 1 heterocycles. The Morgan fingerprint density at radius 3 is 2.84 bits per heavy atom. The molecule has 1 atom stereocenters. The van der Waals surface area contributed by atoms with E-state index >= 15 is 0 Å². The number of pyridine rings is 1. The monoisotopic (exact) mass is 274 g/mol. The number of benzene rings is 1. The van der Waals surface area contributed by atoms with Crippen molar-refractivity contribution < 1.29 is 0 Å². The van der Waals surface area contributed by atoms with Gasteiger partial charge in [0.15, 0.2) is 0 Å². The minimum absolute atomic E-state index is 0.121. The van der Waals surface area contributed by atoms with Gasteiger partial charge in [0.1, 0.15) is 0 Å². The number of rotatable bonds is 5. The molecule has 1 aromatic carbocycles. The summed E-state index contributed by atoms with van der Waals surface area (Å²) in [5.41, 5.74) is 3.57. The van der Waals surface area contributed by atoms with Gasteiger partial charge in [-0.3, -0.25) is 4.98 Å². The molecule has 100 valence electrons. The molecule has 0 aliphatic rings. The van der Waals surface area contributed by atoms with Gasteiger partial charge in [-0.05, 0) is 37.1 Å². The van der Waals surface area contributed by atoms with Crippen molar-refractivity contribution in [3.63, 3.8) is 0 Å². The van der Waals surface area contributed by atoms with Crippen LogP contribution in [0.2, 0.25) is 5.02 Å². The smallest absolute Gasteiger partial charge is 0.0640 e. The summed E-state index contributed by atoms with van der Waals surface area (Å²) in [5.74, 6) is 0. The molecule has 0 fully saturated rings. The Kier molecular flexibility index (Phi) is 4.94. The van der Waals surface area contributed by atoms with Crippen molar-refractivity contribution in [1.82, 2.24) is 10.3 Å². The highest BCUT2D eigenvalue weighted by molar-refractivity contribution is 6.31. The maximum Gasteiger partial charge on any atom is 0.0640 e. The van der Waals surface area contributed by atoms with Gasteiger partial charge in [-0.2, -0.15) is 0 Å². The number of hydrogen-bond donors (Lipinski definition) is 1. The first-order chi connectivity index (χ1) is 9.22. The van der Waals surface area contributed by atoms with E-state index in [2.05, 4.69) is 48.4 Å². The van der Waals surface area contributed by atoms with Crippen molar-refractivity contribution >= 4 is 11.6 Å². The first-order valence-corrected chi connectivity index (χ1v) is 6.99. The summed E-state index contributed by atoms with van der Waals surface area (Å²) >= 11 is 6.29. The van der Waals surface area contributed by atoms with Gasteiger partial charge in [-0.15, -0.1) is 0 Å². The van der Waals surface area contributed by atoms with Crippen LogP contribution in [0.25, 0.3) is 0 Å². The summed E-state index contributed by atoms with van der Waals surface area (Å²) in [6.45, 7) is 5.22. The van der Waals surface area contributed by atoms with Gasteiger partial charge in [0.2, 0.25) is 0 Å². The second kappa shape index (κ2) is 6.69. The lowest BCUT2D eigenvalue weighted by atomic mass is 9.98. The Hall–Kier alpha value is -1.38. The molecule has 1 N–H and O–H groups in total. The van der Waals surface area contributed by atoms with Crippen molar-refractivity contribution in [2.45, 2.75) is 26.3 Å². The summed E-state index contributed by atoms with van der Waals surface area (Å²) in [4.78, 5) is 4.06. The molecule has 0 aliphatic carbocycles. The number of hydrogen-bond acceptors (Lipinski definition) is 2. The fourth-order valence-electron chi connectivity index (χ4n) is 2.17. The van der Waals surface area contributed by atoms with E-state index in [0.29, 0.717) is 5.02 Å². The third-order valence-electron chi connectivity index (χ3n) is 3.09. The molecule has 0 bridgehead atoms. The molecule has 19 heavy (non-hydrogen) atoms. The van der Waals surface area contributed by atoms with Crippen LogP contribution in [0.1, 0.15) is 36.1 Å². The molecule has 3 heteroatoms. The lowest BCUT2D eigenvalue weighted by Gasteiger charge is -2.21. The fourth-order valence-corrected chi connectivity index (χ4v) is 2.39. The molecular weight excluding hydrogens is 256 g/mol. The first-order valence-electron chi connectivity index (χ1n) is 6.61. The highest BCUT2D eigenvalue weighted by atomic mass is 35.5. The normalized spacial score (nSPS) is 12.4. The van der Waals surface area contributed by atoms with Gasteiger partial charge in [0, 0.05) is 12.4 Å². The van der Waals surface area contributed by atoms with E-state index in [9.17, 15) is 0 Å². The van der Waals surface area contributed by atoms with Crippen LogP contribution in [-0.2, 0) is 0 Å². The van der Waals surface area contributed by atoms with E-state index in [1.54, 1.807) is 12.4 Å². The van der Waals surface area contributed by atoms with Crippen molar-refractivity contribution in [3.8, 4) is 0 Å². The molecule has 0 spiro atoms. The molecule has 1 unspecified atom stereocenters. The summed E-state index contributed by atoms with van der Waals surface area (Å²) in [5, 5.41) is 4.26. The highest BCUT2D eigenvalue weighted by Crippen LogP contribution is 2.28. The lowest BCUT2D eigenvalue weighted by Crippen LogP contribution is -2.23. The predicted molar refractivity (Wildman–Crippen MR) is 80.6 cm³/mol. The Morgan fingerprint density at radius 2 is 2.16 bits per heavy atom. The van der Waals surface area contributed by atoms with Crippen LogP contribution >= 0.6 is 11.6 Å². The minimum Gasteiger partial charge on any atom is -0.306 e. The van der Waals surface area contributed by atoms with E-state index in [1.807, 2.05) is 6.07 Å². The van der Waals surface area contributed by atoms with Gasteiger partial charge in [-0.1, -0.05) is 48.4 Å². The Labute approximate surface area is 119 Å². The molecule has 2 aromatic rings. The molecular formula is C16H19ClN2. The standard InChI is InChI=1S/C16H19ClN2/c1-3-8-19-16(13-6-4-5-12(2)10-13)14-7-9-18-11-15(14)17/h4-7,9-11,16,19H,3,8H2,1-2H3. The summed E-state index contributed by atoms with van der Waals surface area (Å²) in [6.07, 6.45) is 4.58. The van der Waals surface area contributed by atoms with Gasteiger partial charge in [0.05, 0.1) is 11.1 Å². The van der Waals surface area contributed by atoms with Crippen LogP contribution < -0.4 is 5.32 Å². The van der Waals surface area contributed by atoms with Gasteiger partial charge in [-0.25, -0.2) is 0 Å². The van der Waals surface area contributed by atoms with Crippen LogP contribution in [0.3, 0.4) is 0 Å². The topological polar surface area (TPSA) is 24.9 Å². The molecule has 2 nitrogen and oxygen atoms in total. The SMILES string of the molecule is CCCNC(c1cccc(C)c1)c1ccncc1Cl. The van der Waals surface area contributed by atoms with Gasteiger partial charge < -0.3 is 5.32 Å². The summed E-state index contributed by atoms with van der Waals surface area (Å²) in [6, 6.07) is 10.6. The zero-order valence-corrected chi connectivity index (χ0v) is 12.1. The van der Waals surface area contributed by atoms with Crippen LogP contribution in [0.5, 0.6) is 0 Å². The van der Waals surface area contributed by atoms with Gasteiger partial charge in [0.25, 0.3) is 0 Å². The van der Waals surface area contributed by atoms with Crippen LogP contribution in [0.15, 0.2) is 42.7 Å².